The zero-order valence-electron chi connectivity index (χ0n) is 17.4. The molecule has 1 aromatic carbocycles. The van der Waals surface area contributed by atoms with Gasteiger partial charge in [-0.15, -0.1) is 10.2 Å². The van der Waals surface area contributed by atoms with E-state index in [4.69, 9.17) is 9.47 Å². The molecule has 1 amide bonds. The number of ether oxygens (including phenoxy) is 2. The summed E-state index contributed by atoms with van der Waals surface area (Å²) in [4.78, 5) is 16.1. The molecule has 2 aliphatic rings. The Morgan fingerprint density at radius 2 is 1.90 bits per heavy atom. The van der Waals surface area contributed by atoms with Crippen molar-refractivity contribution in [3.63, 3.8) is 0 Å². The van der Waals surface area contributed by atoms with E-state index >= 15 is 0 Å². The van der Waals surface area contributed by atoms with E-state index in [0.717, 1.165) is 80.8 Å². The standard InChI is InChI=1S/C21H29N5O3/c1-15(27)25-9-5-6-16(12-25)21-23-22-20-14-24(10-11-26(20)21)13-17-18(28-2)7-4-8-19(17)29-3/h4,7-8,16H,5-6,9-14H2,1-3H3. The summed E-state index contributed by atoms with van der Waals surface area (Å²) < 4.78 is 13.3. The van der Waals surface area contributed by atoms with Crippen LogP contribution < -0.4 is 9.47 Å². The number of aromatic nitrogens is 3. The summed E-state index contributed by atoms with van der Waals surface area (Å²) in [6.07, 6.45) is 2.08. The fraction of sp³-hybridized carbons (Fsp3) is 0.571. The second-order valence-corrected chi connectivity index (χ2v) is 7.78. The van der Waals surface area contributed by atoms with Crippen molar-refractivity contribution in [2.45, 2.75) is 45.3 Å². The predicted octanol–water partition coefficient (Wildman–Crippen LogP) is 2.04. The van der Waals surface area contributed by atoms with E-state index in [0.29, 0.717) is 0 Å². The molecule has 1 atom stereocenters. The summed E-state index contributed by atoms with van der Waals surface area (Å²) in [5.41, 5.74) is 1.05. The third-order valence-electron chi connectivity index (χ3n) is 6.00. The van der Waals surface area contributed by atoms with Crippen LogP contribution in [0.5, 0.6) is 11.5 Å². The quantitative estimate of drug-likeness (QED) is 0.766. The van der Waals surface area contributed by atoms with Crippen LogP contribution in [0.1, 0.15) is 42.9 Å². The van der Waals surface area contributed by atoms with Crippen LogP contribution in [0.2, 0.25) is 0 Å². The van der Waals surface area contributed by atoms with Gasteiger partial charge in [-0.2, -0.15) is 0 Å². The van der Waals surface area contributed by atoms with E-state index in [2.05, 4.69) is 19.7 Å². The van der Waals surface area contributed by atoms with Crippen LogP contribution >= 0.6 is 0 Å². The van der Waals surface area contributed by atoms with Gasteiger partial charge in [-0.25, -0.2) is 0 Å². The zero-order valence-corrected chi connectivity index (χ0v) is 17.4. The lowest BCUT2D eigenvalue weighted by molar-refractivity contribution is -0.130. The van der Waals surface area contributed by atoms with E-state index < -0.39 is 0 Å². The second kappa shape index (κ2) is 8.41. The van der Waals surface area contributed by atoms with Crippen molar-refractivity contribution < 1.29 is 14.3 Å². The average molecular weight is 399 g/mol. The van der Waals surface area contributed by atoms with Crippen LogP contribution in [0, 0.1) is 0 Å². The maximum absolute atomic E-state index is 11.8. The molecule has 29 heavy (non-hydrogen) atoms. The maximum atomic E-state index is 11.8. The number of benzene rings is 1. The number of nitrogens with zero attached hydrogens (tertiary/aromatic N) is 5. The Balaban J connectivity index is 1.49. The number of rotatable bonds is 5. The van der Waals surface area contributed by atoms with Gasteiger partial charge < -0.3 is 18.9 Å². The molecule has 1 fully saturated rings. The number of carbonyl (C=O) groups excluding carboxylic acids is 1. The van der Waals surface area contributed by atoms with E-state index in [1.807, 2.05) is 23.1 Å². The highest BCUT2D eigenvalue weighted by atomic mass is 16.5. The molecule has 8 heteroatoms. The van der Waals surface area contributed by atoms with Crippen LogP contribution in [-0.4, -0.2) is 64.3 Å². The van der Waals surface area contributed by atoms with Gasteiger partial charge in [-0.3, -0.25) is 9.69 Å². The summed E-state index contributed by atoms with van der Waals surface area (Å²) >= 11 is 0. The molecule has 0 spiro atoms. The first-order valence-electron chi connectivity index (χ1n) is 10.2. The van der Waals surface area contributed by atoms with Crippen molar-refractivity contribution in [1.82, 2.24) is 24.6 Å². The third-order valence-corrected chi connectivity index (χ3v) is 6.00. The van der Waals surface area contributed by atoms with E-state index in [-0.39, 0.29) is 11.8 Å². The Morgan fingerprint density at radius 3 is 2.59 bits per heavy atom. The Kier molecular flexibility index (Phi) is 5.71. The van der Waals surface area contributed by atoms with Gasteiger partial charge in [0.1, 0.15) is 23.1 Å². The topological polar surface area (TPSA) is 72.7 Å². The zero-order chi connectivity index (χ0) is 20.4. The number of fused-ring (bicyclic) bond motifs is 1. The summed E-state index contributed by atoms with van der Waals surface area (Å²) in [6.45, 7) is 6.46. The highest BCUT2D eigenvalue weighted by molar-refractivity contribution is 5.73. The minimum Gasteiger partial charge on any atom is -0.496 e. The van der Waals surface area contributed by atoms with Crippen molar-refractivity contribution in [2.75, 3.05) is 33.9 Å². The third kappa shape index (κ3) is 3.94. The van der Waals surface area contributed by atoms with E-state index in [9.17, 15) is 4.79 Å². The van der Waals surface area contributed by atoms with Gasteiger partial charge in [0.05, 0.1) is 26.3 Å². The fourth-order valence-electron chi connectivity index (χ4n) is 4.45. The molecule has 0 radical (unpaired) electrons. The Morgan fingerprint density at radius 1 is 1.14 bits per heavy atom. The molecule has 2 aromatic rings. The minimum absolute atomic E-state index is 0.144. The highest BCUT2D eigenvalue weighted by Crippen LogP contribution is 2.32. The number of likely N-dealkylation sites (tertiary alicyclic amines) is 1. The molecule has 1 saturated heterocycles. The number of hydrogen-bond donors (Lipinski definition) is 0. The van der Waals surface area contributed by atoms with Gasteiger partial charge in [0.25, 0.3) is 0 Å². The van der Waals surface area contributed by atoms with Crippen molar-refractivity contribution in [1.29, 1.82) is 0 Å². The summed E-state index contributed by atoms with van der Waals surface area (Å²) in [5, 5.41) is 9.01. The molecule has 156 valence electrons. The normalized spacial score (nSPS) is 19.7. The largest absolute Gasteiger partial charge is 0.496 e. The predicted molar refractivity (Wildman–Crippen MR) is 108 cm³/mol. The number of amides is 1. The second-order valence-electron chi connectivity index (χ2n) is 7.78. The number of methoxy groups -OCH3 is 2. The van der Waals surface area contributed by atoms with E-state index in [1.165, 1.54) is 0 Å². The lowest BCUT2D eigenvalue weighted by Gasteiger charge is -2.33. The van der Waals surface area contributed by atoms with Gasteiger partial charge in [0.2, 0.25) is 5.91 Å². The van der Waals surface area contributed by atoms with Crippen LogP contribution in [0.25, 0.3) is 0 Å². The van der Waals surface area contributed by atoms with Crippen molar-refractivity contribution >= 4 is 5.91 Å². The molecule has 1 aromatic heterocycles. The smallest absolute Gasteiger partial charge is 0.219 e. The lowest BCUT2D eigenvalue weighted by atomic mass is 9.97. The minimum atomic E-state index is 0.144. The average Bonchev–Trinajstić information content (AvgIpc) is 3.17. The van der Waals surface area contributed by atoms with Gasteiger partial charge >= 0.3 is 0 Å². The van der Waals surface area contributed by atoms with Gasteiger partial charge in [-0.1, -0.05) is 6.07 Å². The molecule has 0 N–H and O–H groups in total. The lowest BCUT2D eigenvalue weighted by Crippen LogP contribution is -2.39. The summed E-state index contributed by atoms with van der Waals surface area (Å²) in [5.74, 6) is 4.10. The molecule has 2 aliphatic heterocycles. The maximum Gasteiger partial charge on any atom is 0.219 e. The number of piperidine rings is 1. The van der Waals surface area contributed by atoms with Gasteiger partial charge in [0.15, 0.2) is 0 Å². The molecule has 1 unspecified atom stereocenters. The summed E-state index contributed by atoms with van der Waals surface area (Å²) in [6, 6.07) is 5.87. The van der Waals surface area contributed by atoms with Crippen molar-refractivity contribution in [3.05, 3.63) is 35.4 Å². The SMILES string of the molecule is COc1cccc(OC)c1CN1CCn2c(nnc2C2CCCN(C(C)=O)C2)C1. The van der Waals surface area contributed by atoms with Crippen molar-refractivity contribution in [2.24, 2.45) is 0 Å². The first-order valence-corrected chi connectivity index (χ1v) is 10.2. The highest BCUT2D eigenvalue weighted by Gasteiger charge is 2.30. The number of carbonyl (C=O) groups is 1. The Bertz CT molecular complexity index is 859. The van der Waals surface area contributed by atoms with E-state index in [1.54, 1.807) is 21.1 Å². The molecule has 4 rings (SSSR count). The van der Waals surface area contributed by atoms with Crippen LogP contribution in [0.4, 0.5) is 0 Å². The van der Waals surface area contributed by atoms with Crippen LogP contribution in [0.15, 0.2) is 18.2 Å². The Hall–Kier alpha value is -2.61. The molecule has 0 bridgehead atoms. The summed E-state index contributed by atoms with van der Waals surface area (Å²) in [7, 11) is 3.37. The molecule has 0 aliphatic carbocycles. The van der Waals surface area contributed by atoms with Crippen molar-refractivity contribution in [3.8, 4) is 11.5 Å². The molecule has 3 heterocycles. The number of hydrogen-bond acceptors (Lipinski definition) is 6. The monoisotopic (exact) mass is 399 g/mol. The van der Waals surface area contributed by atoms with Gasteiger partial charge in [0, 0.05) is 45.6 Å². The van der Waals surface area contributed by atoms with Crippen LogP contribution in [0.3, 0.4) is 0 Å². The molecule has 0 saturated carbocycles. The Labute approximate surface area is 171 Å². The molecule has 8 nitrogen and oxygen atoms in total. The first-order chi connectivity index (χ1) is 14.1. The molecular formula is C21H29N5O3. The fourth-order valence-corrected chi connectivity index (χ4v) is 4.45. The first kappa shape index (κ1) is 19.7. The molecular weight excluding hydrogens is 370 g/mol. The van der Waals surface area contributed by atoms with Crippen LogP contribution in [-0.2, 0) is 24.4 Å². The van der Waals surface area contributed by atoms with Gasteiger partial charge in [-0.05, 0) is 25.0 Å².